The smallest absolute Gasteiger partial charge is 0.352 e. The van der Waals surface area contributed by atoms with Gasteiger partial charge in [0.1, 0.15) is 18.1 Å². The van der Waals surface area contributed by atoms with E-state index in [4.69, 9.17) is 4.42 Å². The van der Waals surface area contributed by atoms with Crippen LogP contribution in [0.25, 0.3) is 16.6 Å². The van der Waals surface area contributed by atoms with E-state index in [-0.39, 0.29) is 24.7 Å². The average Bonchev–Trinajstić information content (AvgIpc) is 3.22. The van der Waals surface area contributed by atoms with Gasteiger partial charge in [0.05, 0.1) is 18.3 Å². The van der Waals surface area contributed by atoms with Crippen molar-refractivity contribution in [3.63, 3.8) is 0 Å². The Kier molecular flexibility index (Phi) is 3.57. The molecule has 4 aromatic rings. The average molecular weight is 337 g/mol. The second kappa shape index (κ2) is 5.90. The first-order valence-electron chi connectivity index (χ1n) is 7.77. The number of amides is 1. The van der Waals surface area contributed by atoms with Gasteiger partial charge in [-0.3, -0.25) is 4.79 Å². The highest BCUT2D eigenvalue weighted by Crippen LogP contribution is 2.16. The number of hydrogen-bond donors (Lipinski definition) is 1. The zero-order chi connectivity index (χ0) is 17.4. The molecule has 4 rings (SSSR count). The Bertz CT molecular complexity index is 1120. The summed E-state index contributed by atoms with van der Waals surface area (Å²) < 4.78 is 7.72. The van der Waals surface area contributed by atoms with Crippen LogP contribution in [-0.4, -0.2) is 25.1 Å². The molecule has 0 bridgehead atoms. The summed E-state index contributed by atoms with van der Waals surface area (Å²) in [5, 5.41) is 7.79. The van der Waals surface area contributed by atoms with Gasteiger partial charge in [-0.25, -0.2) is 18.9 Å². The molecule has 0 atom stereocenters. The van der Waals surface area contributed by atoms with Crippen molar-refractivity contribution in [1.29, 1.82) is 0 Å². The molecule has 8 heteroatoms. The molecule has 0 spiro atoms. The number of aryl methyl sites for hydroxylation is 1. The van der Waals surface area contributed by atoms with E-state index < -0.39 is 0 Å². The summed E-state index contributed by atoms with van der Waals surface area (Å²) in [7, 11) is 0. The molecule has 3 aromatic heterocycles. The maximum absolute atomic E-state index is 12.6. The van der Waals surface area contributed by atoms with Crippen molar-refractivity contribution in [2.45, 2.75) is 20.0 Å². The van der Waals surface area contributed by atoms with E-state index in [1.54, 1.807) is 19.1 Å². The molecule has 0 radical (unpaired) electrons. The first kappa shape index (κ1) is 15.1. The summed E-state index contributed by atoms with van der Waals surface area (Å²) in [4.78, 5) is 29.1. The van der Waals surface area contributed by atoms with E-state index in [0.717, 1.165) is 15.6 Å². The highest BCUT2D eigenvalue weighted by atomic mass is 16.3. The normalized spacial score (nSPS) is 11.2. The maximum atomic E-state index is 12.6. The van der Waals surface area contributed by atoms with E-state index in [9.17, 15) is 9.59 Å². The number of para-hydroxylation sites is 1. The Labute approximate surface area is 141 Å². The van der Waals surface area contributed by atoms with E-state index >= 15 is 0 Å². The molecule has 1 amide bonds. The van der Waals surface area contributed by atoms with Gasteiger partial charge in [0, 0.05) is 5.39 Å². The lowest BCUT2D eigenvalue weighted by atomic mass is 10.2. The summed E-state index contributed by atoms with van der Waals surface area (Å²) in [6.07, 6.45) is 1.54. The standard InChI is InChI=1S/C17H15N5O3/c1-11-19-14-7-3-2-6-13(14)16-20-21(17(24)22(11)16)10-15(23)18-9-12-5-4-8-25-12/h2-8H,9-10H2,1H3,(H,18,23). The minimum atomic E-state index is -0.390. The van der Waals surface area contributed by atoms with Gasteiger partial charge in [-0.15, -0.1) is 5.10 Å². The number of rotatable bonds is 4. The van der Waals surface area contributed by atoms with Gasteiger partial charge in [-0.1, -0.05) is 12.1 Å². The highest BCUT2D eigenvalue weighted by molar-refractivity contribution is 5.91. The second-order valence-corrected chi connectivity index (χ2v) is 5.63. The molecule has 1 N–H and O–H groups in total. The molecule has 0 saturated carbocycles. The minimum absolute atomic E-state index is 0.172. The molecule has 0 fully saturated rings. The Hall–Kier alpha value is -3.42. The van der Waals surface area contributed by atoms with Crippen LogP contribution in [0.5, 0.6) is 0 Å². The molecule has 0 aliphatic rings. The van der Waals surface area contributed by atoms with Gasteiger partial charge in [0.25, 0.3) is 0 Å². The fourth-order valence-corrected chi connectivity index (χ4v) is 2.75. The fraction of sp³-hybridized carbons (Fsp3) is 0.176. The summed E-state index contributed by atoms with van der Waals surface area (Å²) >= 11 is 0. The second-order valence-electron chi connectivity index (χ2n) is 5.63. The van der Waals surface area contributed by atoms with Crippen LogP contribution >= 0.6 is 0 Å². The van der Waals surface area contributed by atoms with Crippen LogP contribution in [0.15, 0.2) is 51.9 Å². The molecule has 8 nitrogen and oxygen atoms in total. The molecule has 0 saturated heterocycles. The third kappa shape index (κ3) is 2.67. The molecule has 126 valence electrons. The number of fused-ring (bicyclic) bond motifs is 3. The van der Waals surface area contributed by atoms with Crippen molar-refractivity contribution in [3.8, 4) is 0 Å². The minimum Gasteiger partial charge on any atom is -0.467 e. The summed E-state index contributed by atoms with van der Waals surface area (Å²) in [6, 6.07) is 11.0. The van der Waals surface area contributed by atoms with E-state index in [0.29, 0.717) is 17.2 Å². The lowest BCUT2D eigenvalue weighted by Gasteiger charge is -2.02. The lowest BCUT2D eigenvalue weighted by molar-refractivity contribution is -0.122. The van der Waals surface area contributed by atoms with Crippen molar-refractivity contribution in [2.75, 3.05) is 0 Å². The molecule has 0 aliphatic heterocycles. The van der Waals surface area contributed by atoms with Crippen LogP contribution in [0, 0.1) is 6.92 Å². The van der Waals surface area contributed by atoms with Gasteiger partial charge in [0.15, 0.2) is 5.65 Å². The molecule has 0 aliphatic carbocycles. The van der Waals surface area contributed by atoms with E-state index in [1.807, 2.05) is 24.3 Å². The Balaban J connectivity index is 1.67. The summed E-state index contributed by atoms with van der Waals surface area (Å²) in [5.41, 5.74) is 0.859. The SMILES string of the molecule is Cc1nc2ccccc2c2nn(CC(=O)NCc3ccco3)c(=O)n12. The first-order chi connectivity index (χ1) is 12.1. The predicted octanol–water partition coefficient (Wildman–Crippen LogP) is 1.26. The third-order valence-corrected chi connectivity index (χ3v) is 3.92. The van der Waals surface area contributed by atoms with Crippen molar-refractivity contribution in [1.82, 2.24) is 24.5 Å². The van der Waals surface area contributed by atoms with Gasteiger partial charge >= 0.3 is 5.69 Å². The number of carbonyl (C=O) groups excluding carboxylic acids is 1. The molecule has 1 aromatic carbocycles. The largest absolute Gasteiger partial charge is 0.467 e. The number of hydrogen-bond acceptors (Lipinski definition) is 5. The summed E-state index contributed by atoms with van der Waals surface area (Å²) in [6.45, 7) is 1.83. The van der Waals surface area contributed by atoms with E-state index in [2.05, 4.69) is 15.4 Å². The number of nitrogens with zero attached hydrogens (tertiary/aromatic N) is 4. The predicted molar refractivity (Wildman–Crippen MR) is 90.0 cm³/mol. The maximum Gasteiger partial charge on any atom is 0.352 e. The Morgan fingerprint density at radius 3 is 2.88 bits per heavy atom. The number of benzene rings is 1. The van der Waals surface area contributed by atoms with Crippen LogP contribution in [0.4, 0.5) is 0 Å². The van der Waals surface area contributed by atoms with Crippen LogP contribution in [0.1, 0.15) is 11.6 Å². The first-order valence-corrected chi connectivity index (χ1v) is 7.77. The topological polar surface area (TPSA) is 94.4 Å². The zero-order valence-corrected chi connectivity index (χ0v) is 13.5. The van der Waals surface area contributed by atoms with E-state index in [1.165, 1.54) is 10.7 Å². The molecular weight excluding hydrogens is 322 g/mol. The lowest BCUT2D eigenvalue weighted by Crippen LogP contribution is -2.32. The monoisotopic (exact) mass is 337 g/mol. The van der Waals surface area contributed by atoms with Crippen LogP contribution in [0.3, 0.4) is 0 Å². The number of nitrogens with one attached hydrogen (secondary N) is 1. The molecule has 3 heterocycles. The molecule has 25 heavy (non-hydrogen) atoms. The van der Waals surface area contributed by atoms with Crippen LogP contribution in [-0.2, 0) is 17.9 Å². The van der Waals surface area contributed by atoms with Gasteiger partial charge in [-0.05, 0) is 31.2 Å². The number of aromatic nitrogens is 4. The quantitative estimate of drug-likeness (QED) is 0.605. The van der Waals surface area contributed by atoms with Crippen molar-refractivity contribution in [2.24, 2.45) is 0 Å². The van der Waals surface area contributed by atoms with Crippen molar-refractivity contribution in [3.05, 3.63) is 64.7 Å². The highest BCUT2D eigenvalue weighted by Gasteiger charge is 2.15. The van der Waals surface area contributed by atoms with Crippen molar-refractivity contribution < 1.29 is 9.21 Å². The van der Waals surface area contributed by atoms with Crippen LogP contribution in [0.2, 0.25) is 0 Å². The summed E-state index contributed by atoms with van der Waals surface area (Å²) in [5.74, 6) is 0.847. The van der Waals surface area contributed by atoms with Gasteiger partial charge in [-0.2, -0.15) is 0 Å². The fourth-order valence-electron chi connectivity index (χ4n) is 2.75. The zero-order valence-electron chi connectivity index (χ0n) is 13.5. The Morgan fingerprint density at radius 1 is 1.24 bits per heavy atom. The number of furan rings is 1. The van der Waals surface area contributed by atoms with Gasteiger partial charge in [0.2, 0.25) is 5.91 Å². The van der Waals surface area contributed by atoms with Gasteiger partial charge < -0.3 is 9.73 Å². The molecular formula is C17H15N5O3. The molecule has 0 unspecified atom stereocenters. The Morgan fingerprint density at radius 2 is 2.08 bits per heavy atom. The van der Waals surface area contributed by atoms with Crippen molar-refractivity contribution >= 4 is 22.5 Å². The van der Waals surface area contributed by atoms with Crippen LogP contribution < -0.4 is 11.0 Å². The third-order valence-electron chi connectivity index (χ3n) is 3.92. The number of carbonyl (C=O) groups is 1.